The lowest BCUT2D eigenvalue weighted by atomic mass is 10.2. The Bertz CT molecular complexity index is 182. The monoisotopic (exact) mass is 215 g/mol. The Morgan fingerprint density at radius 2 is 2.00 bits per heavy atom. The maximum atomic E-state index is 10.4. The maximum absolute atomic E-state index is 10.4. The Balaban J connectivity index is 1.85. The van der Waals surface area contributed by atoms with E-state index in [4.69, 9.17) is 10.5 Å². The highest BCUT2D eigenvalue weighted by Gasteiger charge is 2.08. The van der Waals surface area contributed by atoms with Crippen LogP contribution >= 0.6 is 0 Å². The number of nitrogens with two attached hydrogens (primary N) is 1. The van der Waals surface area contributed by atoms with Crippen molar-refractivity contribution >= 4 is 6.03 Å². The molecule has 1 saturated heterocycles. The van der Waals surface area contributed by atoms with E-state index in [2.05, 4.69) is 10.2 Å². The van der Waals surface area contributed by atoms with Crippen LogP contribution in [0.1, 0.15) is 19.3 Å². The van der Waals surface area contributed by atoms with Crippen molar-refractivity contribution in [3.63, 3.8) is 0 Å². The van der Waals surface area contributed by atoms with Gasteiger partial charge in [-0.1, -0.05) is 6.42 Å². The van der Waals surface area contributed by atoms with Crippen LogP contribution in [0.25, 0.3) is 0 Å². The molecule has 0 bridgehead atoms. The summed E-state index contributed by atoms with van der Waals surface area (Å²) in [6, 6.07) is -0.428. The summed E-state index contributed by atoms with van der Waals surface area (Å²) in [5.74, 6) is 0. The van der Waals surface area contributed by atoms with Crippen molar-refractivity contribution in [2.45, 2.75) is 19.3 Å². The molecular formula is C10H21N3O2. The number of carbonyl (C=O) groups excluding carboxylic acids is 1. The van der Waals surface area contributed by atoms with Gasteiger partial charge in [0.1, 0.15) is 0 Å². The van der Waals surface area contributed by atoms with Gasteiger partial charge in [0.25, 0.3) is 0 Å². The predicted octanol–water partition coefficient (Wildman–Crippen LogP) is 0.157. The number of amides is 2. The second-order valence-corrected chi connectivity index (χ2v) is 3.81. The van der Waals surface area contributed by atoms with Crippen LogP contribution in [0.2, 0.25) is 0 Å². The van der Waals surface area contributed by atoms with E-state index in [-0.39, 0.29) is 0 Å². The van der Waals surface area contributed by atoms with Gasteiger partial charge in [-0.2, -0.15) is 0 Å². The Hall–Kier alpha value is -0.810. The standard InChI is InChI=1S/C10H21N3O2/c11-10(14)12-4-2-1-3-5-13-6-8-15-9-7-13/h1-9H2,(H3,11,12,14). The van der Waals surface area contributed by atoms with Gasteiger partial charge in [-0.25, -0.2) is 4.79 Å². The normalized spacial score (nSPS) is 17.6. The number of hydrogen-bond donors (Lipinski definition) is 2. The van der Waals surface area contributed by atoms with Gasteiger partial charge < -0.3 is 15.8 Å². The molecule has 5 heteroatoms. The number of carbonyl (C=O) groups is 1. The fraction of sp³-hybridized carbons (Fsp3) is 0.900. The number of urea groups is 1. The zero-order valence-corrected chi connectivity index (χ0v) is 9.21. The predicted molar refractivity (Wildman–Crippen MR) is 58.7 cm³/mol. The fourth-order valence-corrected chi connectivity index (χ4v) is 1.67. The molecular weight excluding hydrogens is 194 g/mol. The third kappa shape index (κ3) is 6.30. The molecule has 1 fully saturated rings. The van der Waals surface area contributed by atoms with Gasteiger partial charge in [-0.15, -0.1) is 0 Å². The molecule has 0 aromatic carbocycles. The zero-order valence-electron chi connectivity index (χ0n) is 9.21. The van der Waals surface area contributed by atoms with E-state index in [0.717, 1.165) is 45.7 Å². The molecule has 0 unspecified atom stereocenters. The molecule has 15 heavy (non-hydrogen) atoms. The van der Waals surface area contributed by atoms with E-state index in [1.54, 1.807) is 0 Å². The third-order valence-corrected chi connectivity index (χ3v) is 2.55. The molecule has 0 aromatic rings. The second kappa shape index (κ2) is 7.48. The summed E-state index contributed by atoms with van der Waals surface area (Å²) >= 11 is 0. The number of hydrogen-bond acceptors (Lipinski definition) is 3. The second-order valence-electron chi connectivity index (χ2n) is 3.81. The molecule has 1 rings (SSSR count). The van der Waals surface area contributed by atoms with Crippen LogP contribution in [0.3, 0.4) is 0 Å². The van der Waals surface area contributed by atoms with Gasteiger partial charge in [-0.05, 0) is 19.4 Å². The van der Waals surface area contributed by atoms with E-state index in [9.17, 15) is 4.79 Å². The number of unbranched alkanes of at least 4 members (excludes halogenated alkanes) is 2. The lowest BCUT2D eigenvalue weighted by Crippen LogP contribution is -2.36. The molecule has 3 N–H and O–H groups in total. The van der Waals surface area contributed by atoms with Crippen molar-refractivity contribution in [2.24, 2.45) is 5.73 Å². The average Bonchev–Trinajstić information content (AvgIpc) is 2.24. The number of morpholine rings is 1. The summed E-state index contributed by atoms with van der Waals surface area (Å²) in [5, 5.41) is 2.59. The SMILES string of the molecule is NC(=O)NCCCCCN1CCOCC1. The smallest absolute Gasteiger partial charge is 0.312 e. The van der Waals surface area contributed by atoms with Gasteiger partial charge in [0.2, 0.25) is 0 Å². The summed E-state index contributed by atoms with van der Waals surface area (Å²) in [4.78, 5) is 12.8. The molecule has 0 radical (unpaired) electrons. The highest BCUT2D eigenvalue weighted by Crippen LogP contribution is 2.01. The minimum Gasteiger partial charge on any atom is -0.379 e. The molecule has 88 valence electrons. The van der Waals surface area contributed by atoms with Gasteiger partial charge in [0.15, 0.2) is 0 Å². The number of nitrogens with zero attached hydrogens (tertiary/aromatic N) is 1. The highest BCUT2D eigenvalue weighted by atomic mass is 16.5. The molecule has 0 aliphatic carbocycles. The van der Waals surface area contributed by atoms with Crippen molar-refractivity contribution in [3.05, 3.63) is 0 Å². The van der Waals surface area contributed by atoms with Crippen LogP contribution in [0.4, 0.5) is 4.79 Å². The van der Waals surface area contributed by atoms with Gasteiger partial charge in [0.05, 0.1) is 13.2 Å². The Morgan fingerprint density at radius 3 is 2.67 bits per heavy atom. The minimum absolute atomic E-state index is 0.428. The molecule has 0 spiro atoms. The largest absolute Gasteiger partial charge is 0.379 e. The summed E-state index contributed by atoms with van der Waals surface area (Å²) < 4.78 is 5.27. The first-order valence-electron chi connectivity index (χ1n) is 5.62. The summed E-state index contributed by atoms with van der Waals surface area (Å²) in [6.07, 6.45) is 3.32. The molecule has 1 heterocycles. The van der Waals surface area contributed by atoms with Crippen LogP contribution in [0, 0.1) is 0 Å². The zero-order chi connectivity index (χ0) is 10.9. The van der Waals surface area contributed by atoms with E-state index in [0.29, 0.717) is 6.54 Å². The highest BCUT2D eigenvalue weighted by molar-refractivity contribution is 5.71. The molecule has 1 aliphatic rings. The number of primary amides is 1. The van der Waals surface area contributed by atoms with Crippen LogP contribution in [-0.2, 0) is 4.74 Å². The van der Waals surface area contributed by atoms with Gasteiger partial charge in [-0.3, -0.25) is 4.90 Å². The maximum Gasteiger partial charge on any atom is 0.312 e. The van der Waals surface area contributed by atoms with Crippen LogP contribution in [-0.4, -0.2) is 50.3 Å². The molecule has 1 aliphatic heterocycles. The summed E-state index contributed by atoms with van der Waals surface area (Å²) in [5.41, 5.74) is 4.95. The summed E-state index contributed by atoms with van der Waals surface area (Å²) in [7, 11) is 0. The molecule has 0 atom stereocenters. The van der Waals surface area contributed by atoms with E-state index >= 15 is 0 Å². The Labute approximate surface area is 90.9 Å². The quantitative estimate of drug-likeness (QED) is 0.620. The Morgan fingerprint density at radius 1 is 1.27 bits per heavy atom. The van der Waals surface area contributed by atoms with E-state index in [1.165, 1.54) is 6.42 Å². The van der Waals surface area contributed by atoms with E-state index < -0.39 is 6.03 Å². The first-order chi connectivity index (χ1) is 7.29. The lowest BCUT2D eigenvalue weighted by Gasteiger charge is -2.26. The van der Waals surface area contributed by atoms with Crippen molar-refractivity contribution < 1.29 is 9.53 Å². The number of ether oxygens (including phenoxy) is 1. The first-order valence-corrected chi connectivity index (χ1v) is 5.62. The van der Waals surface area contributed by atoms with Crippen LogP contribution in [0.5, 0.6) is 0 Å². The van der Waals surface area contributed by atoms with Gasteiger partial charge in [0, 0.05) is 19.6 Å². The minimum atomic E-state index is -0.428. The average molecular weight is 215 g/mol. The van der Waals surface area contributed by atoms with Crippen molar-refractivity contribution in [1.82, 2.24) is 10.2 Å². The van der Waals surface area contributed by atoms with Crippen molar-refractivity contribution in [3.8, 4) is 0 Å². The van der Waals surface area contributed by atoms with Gasteiger partial charge >= 0.3 is 6.03 Å². The number of nitrogens with one attached hydrogen (secondary N) is 1. The Kier molecular flexibility index (Phi) is 6.11. The lowest BCUT2D eigenvalue weighted by molar-refractivity contribution is 0.0371. The third-order valence-electron chi connectivity index (χ3n) is 2.55. The molecule has 0 aromatic heterocycles. The van der Waals surface area contributed by atoms with Crippen LogP contribution < -0.4 is 11.1 Å². The van der Waals surface area contributed by atoms with Crippen molar-refractivity contribution in [2.75, 3.05) is 39.4 Å². The van der Waals surface area contributed by atoms with Crippen LogP contribution in [0.15, 0.2) is 0 Å². The fourth-order valence-electron chi connectivity index (χ4n) is 1.67. The van der Waals surface area contributed by atoms with E-state index in [1.807, 2.05) is 0 Å². The van der Waals surface area contributed by atoms with Crippen molar-refractivity contribution in [1.29, 1.82) is 0 Å². The molecule has 0 saturated carbocycles. The number of rotatable bonds is 6. The molecule has 5 nitrogen and oxygen atoms in total. The summed E-state index contributed by atoms with van der Waals surface area (Å²) in [6.45, 7) is 5.67. The topological polar surface area (TPSA) is 67.6 Å². The first kappa shape index (κ1) is 12.3. The molecule has 2 amide bonds.